The minimum atomic E-state index is -2.94. The van der Waals surface area contributed by atoms with Crippen molar-refractivity contribution < 1.29 is 13.2 Å². The Morgan fingerprint density at radius 2 is 1.88 bits per heavy atom. The maximum Gasteiger partial charge on any atom is 0.224 e. The van der Waals surface area contributed by atoms with Gasteiger partial charge in [0.15, 0.2) is 9.84 Å². The van der Waals surface area contributed by atoms with Crippen LogP contribution in [0.3, 0.4) is 0 Å². The predicted octanol–water partition coefficient (Wildman–Crippen LogP) is 2.24. The van der Waals surface area contributed by atoms with Crippen LogP contribution in [-0.2, 0) is 21.1 Å². The standard InChI is InChI=1S/C18H22N2O3S/c1-11-16(15-4-2-3-5-17(15)19-11)10-18(21)20-12-8-13-6-7-14(9-12)24(13,22)23/h2-5,12-14,19H,6-10H2,1H3,(H,20,21). The summed E-state index contributed by atoms with van der Waals surface area (Å²) >= 11 is 0. The highest BCUT2D eigenvalue weighted by Crippen LogP contribution is 2.38. The van der Waals surface area contributed by atoms with Crippen LogP contribution in [0.2, 0.25) is 0 Å². The summed E-state index contributed by atoms with van der Waals surface area (Å²) in [6, 6.07) is 7.97. The second-order valence-electron chi connectivity index (χ2n) is 7.10. The molecule has 5 nitrogen and oxygen atoms in total. The summed E-state index contributed by atoms with van der Waals surface area (Å²) in [5.74, 6) is -0.0217. The summed E-state index contributed by atoms with van der Waals surface area (Å²) in [5.41, 5.74) is 3.08. The number of sulfone groups is 1. The minimum absolute atomic E-state index is 0.0102. The second kappa shape index (κ2) is 5.62. The average Bonchev–Trinajstić information content (AvgIpc) is 2.88. The average molecular weight is 346 g/mol. The Morgan fingerprint density at radius 1 is 1.21 bits per heavy atom. The van der Waals surface area contributed by atoms with Crippen LogP contribution in [0.5, 0.6) is 0 Å². The normalized spacial score (nSPS) is 28.1. The van der Waals surface area contributed by atoms with Crippen LogP contribution in [0.4, 0.5) is 0 Å². The number of H-pyrrole nitrogens is 1. The highest BCUT2D eigenvalue weighted by Gasteiger charge is 2.47. The van der Waals surface area contributed by atoms with Gasteiger partial charge in [-0.15, -0.1) is 0 Å². The van der Waals surface area contributed by atoms with Gasteiger partial charge in [-0.05, 0) is 44.2 Å². The molecule has 6 heteroatoms. The van der Waals surface area contributed by atoms with E-state index in [4.69, 9.17) is 0 Å². The first-order valence-corrected chi connectivity index (χ1v) is 10.1. The van der Waals surface area contributed by atoms with Gasteiger partial charge in [-0.2, -0.15) is 0 Å². The molecule has 4 rings (SSSR count). The van der Waals surface area contributed by atoms with Crippen LogP contribution in [0.15, 0.2) is 24.3 Å². The summed E-state index contributed by atoms with van der Waals surface area (Å²) in [5, 5.41) is 3.64. The van der Waals surface area contributed by atoms with Crippen molar-refractivity contribution in [3.05, 3.63) is 35.5 Å². The Morgan fingerprint density at radius 3 is 2.58 bits per heavy atom. The first kappa shape index (κ1) is 15.7. The van der Waals surface area contributed by atoms with Gasteiger partial charge in [0.25, 0.3) is 0 Å². The molecule has 2 aliphatic rings. The van der Waals surface area contributed by atoms with Gasteiger partial charge in [0.05, 0.1) is 16.9 Å². The number of aromatic amines is 1. The van der Waals surface area contributed by atoms with Gasteiger partial charge in [0.2, 0.25) is 5.91 Å². The Bertz CT molecular complexity index is 880. The number of fused-ring (bicyclic) bond motifs is 3. The van der Waals surface area contributed by atoms with Gasteiger partial charge in [-0.1, -0.05) is 18.2 Å². The van der Waals surface area contributed by atoms with E-state index in [1.807, 2.05) is 31.2 Å². The van der Waals surface area contributed by atoms with Crippen LogP contribution in [-0.4, -0.2) is 35.9 Å². The third-order valence-electron chi connectivity index (χ3n) is 5.56. The van der Waals surface area contributed by atoms with Crippen molar-refractivity contribution in [2.75, 3.05) is 0 Å². The Kier molecular flexibility index (Phi) is 3.67. The highest BCUT2D eigenvalue weighted by molar-refractivity contribution is 7.93. The van der Waals surface area contributed by atoms with Crippen LogP contribution >= 0.6 is 0 Å². The number of carbonyl (C=O) groups excluding carboxylic acids is 1. The maximum atomic E-state index is 12.5. The summed E-state index contributed by atoms with van der Waals surface area (Å²) < 4.78 is 24.3. The molecule has 2 aliphatic heterocycles. The number of para-hydroxylation sites is 1. The van der Waals surface area contributed by atoms with E-state index in [1.165, 1.54) is 0 Å². The zero-order chi connectivity index (χ0) is 16.9. The number of aryl methyl sites for hydroxylation is 1. The van der Waals surface area contributed by atoms with E-state index in [0.717, 1.165) is 35.0 Å². The fourth-order valence-corrected chi connectivity index (χ4v) is 6.80. The van der Waals surface area contributed by atoms with Gasteiger partial charge < -0.3 is 10.3 Å². The lowest BCUT2D eigenvalue weighted by molar-refractivity contribution is -0.121. The lowest BCUT2D eigenvalue weighted by Crippen LogP contribution is -2.45. The maximum absolute atomic E-state index is 12.5. The van der Waals surface area contributed by atoms with Crippen LogP contribution in [0.1, 0.15) is 36.9 Å². The number of hydrogen-bond donors (Lipinski definition) is 2. The summed E-state index contributed by atoms with van der Waals surface area (Å²) in [6.07, 6.45) is 2.96. The molecule has 24 heavy (non-hydrogen) atoms. The van der Waals surface area contributed by atoms with Crippen molar-refractivity contribution in [2.45, 2.75) is 55.6 Å². The summed E-state index contributed by atoms with van der Waals surface area (Å²) in [6.45, 7) is 1.98. The first-order valence-electron chi connectivity index (χ1n) is 8.53. The molecular formula is C18H22N2O3S. The molecule has 2 atom stereocenters. The fourth-order valence-electron chi connectivity index (χ4n) is 4.33. The Labute approximate surface area is 141 Å². The van der Waals surface area contributed by atoms with E-state index in [0.29, 0.717) is 19.3 Å². The van der Waals surface area contributed by atoms with Crippen molar-refractivity contribution in [3.8, 4) is 0 Å². The fraction of sp³-hybridized carbons (Fsp3) is 0.500. The van der Waals surface area contributed by atoms with E-state index in [9.17, 15) is 13.2 Å². The van der Waals surface area contributed by atoms with Gasteiger partial charge in [0.1, 0.15) is 0 Å². The number of carbonyl (C=O) groups is 1. The van der Waals surface area contributed by atoms with Crippen LogP contribution < -0.4 is 5.32 Å². The molecule has 3 heterocycles. The third-order valence-corrected chi connectivity index (χ3v) is 8.28. The van der Waals surface area contributed by atoms with Crippen molar-refractivity contribution in [1.29, 1.82) is 0 Å². The monoisotopic (exact) mass is 346 g/mol. The Balaban J connectivity index is 1.47. The molecule has 2 aromatic rings. The SMILES string of the molecule is Cc1[nH]c2ccccc2c1CC(=O)NC1CC2CCC(C1)S2(=O)=O. The van der Waals surface area contributed by atoms with E-state index in [-0.39, 0.29) is 22.4 Å². The summed E-state index contributed by atoms with van der Waals surface area (Å²) in [7, 11) is -2.94. The molecule has 0 aliphatic carbocycles. The van der Waals surface area contributed by atoms with Crippen LogP contribution in [0, 0.1) is 6.92 Å². The molecule has 2 saturated heterocycles. The molecule has 2 fully saturated rings. The highest BCUT2D eigenvalue weighted by atomic mass is 32.2. The van der Waals surface area contributed by atoms with E-state index in [1.54, 1.807) is 0 Å². The largest absolute Gasteiger partial charge is 0.358 e. The number of nitrogens with one attached hydrogen (secondary N) is 2. The minimum Gasteiger partial charge on any atom is -0.358 e. The lowest BCUT2D eigenvalue weighted by Gasteiger charge is -2.28. The number of aromatic nitrogens is 1. The molecular weight excluding hydrogens is 324 g/mol. The second-order valence-corrected chi connectivity index (χ2v) is 9.61. The van der Waals surface area contributed by atoms with E-state index >= 15 is 0 Å². The third kappa shape index (κ3) is 2.53. The predicted molar refractivity (Wildman–Crippen MR) is 93.6 cm³/mol. The number of hydrogen-bond acceptors (Lipinski definition) is 3. The topological polar surface area (TPSA) is 79.0 Å². The van der Waals surface area contributed by atoms with Crippen molar-refractivity contribution in [1.82, 2.24) is 10.3 Å². The van der Waals surface area contributed by atoms with Crippen LogP contribution in [0.25, 0.3) is 10.9 Å². The van der Waals surface area contributed by atoms with Crippen molar-refractivity contribution in [3.63, 3.8) is 0 Å². The lowest BCUT2D eigenvalue weighted by atomic mass is 10.1. The summed E-state index contributed by atoms with van der Waals surface area (Å²) in [4.78, 5) is 15.8. The molecule has 1 amide bonds. The molecule has 2 unspecified atom stereocenters. The molecule has 2 N–H and O–H groups in total. The van der Waals surface area contributed by atoms with Crippen molar-refractivity contribution >= 4 is 26.6 Å². The Hall–Kier alpha value is -1.82. The molecule has 0 radical (unpaired) electrons. The first-order chi connectivity index (χ1) is 11.4. The quantitative estimate of drug-likeness (QED) is 0.894. The number of amides is 1. The van der Waals surface area contributed by atoms with Gasteiger partial charge in [0, 0.05) is 22.6 Å². The number of benzene rings is 1. The molecule has 2 bridgehead atoms. The van der Waals surface area contributed by atoms with E-state index < -0.39 is 9.84 Å². The number of rotatable bonds is 3. The van der Waals surface area contributed by atoms with Gasteiger partial charge in [-0.3, -0.25) is 4.79 Å². The molecule has 0 saturated carbocycles. The van der Waals surface area contributed by atoms with E-state index in [2.05, 4.69) is 10.3 Å². The zero-order valence-electron chi connectivity index (χ0n) is 13.7. The van der Waals surface area contributed by atoms with Gasteiger partial charge in [-0.25, -0.2) is 8.42 Å². The zero-order valence-corrected chi connectivity index (χ0v) is 14.5. The smallest absolute Gasteiger partial charge is 0.224 e. The molecule has 1 aromatic carbocycles. The molecule has 128 valence electrons. The molecule has 0 spiro atoms. The van der Waals surface area contributed by atoms with Crippen molar-refractivity contribution in [2.24, 2.45) is 0 Å². The van der Waals surface area contributed by atoms with Gasteiger partial charge >= 0.3 is 0 Å². The molecule has 1 aromatic heterocycles.